The van der Waals surface area contributed by atoms with E-state index in [0.717, 1.165) is 14.9 Å². The quantitative estimate of drug-likeness (QED) is 0.276. The Morgan fingerprint density at radius 3 is 2.82 bits per heavy atom. The molecule has 0 aliphatic carbocycles. The molecule has 0 spiro atoms. The van der Waals surface area contributed by atoms with Crippen molar-refractivity contribution in [2.24, 2.45) is 0 Å². The first kappa shape index (κ1) is 26.6. The molecule has 1 fully saturated rings. The Morgan fingerprint density at radius 1 is 1.29 bits per heavy atom. The van der Waals surface area contributed by atoms with Crippen molar-refractivity contribution in [1.82, 2.24) is 20.4 Å². The number of carbonyl (C=O) groups is 3. The number of thioether (sulfide) groups is 2. The summed E-state index contributed by atoms with van der Waals surface area (Å²) in [6, 6.07) is 7.55. The molecule has 2 atom stereocenters. The maximum Gasteiger partial charge on any atom is 0.352 e. The summed E-state index contributed by atoms with van der Waals surface area (Å²) in [4.78, 5) is 39.0. The average Bonchev–Trinajstić information content (AvgIpc) is 3.54. The molecule has 3 aromatic rings. The van der Waals surface area contributed by atoms with Gasteiger partial charge in [0.05, 0.1) is 0 Å². The van der Waals surface area contributed by atoms with Gasteiger partial charge in [0.15, 0.2) is 10.1 Å². The molecule has 0 radical (unpaired) electrons. The standard InChI is InChI=1S/C24H21ClN4O6S3/c1-11-7-14(3-5-16(11)25)34-8-15-4-6-17(35-15)20(30)26-18-21(31)29-19(23(32)33)13(9-36-22(18)29)10-37-24-28-27-12(2)38-24/h3-7,18,22H,8-10H2,1-2H3,(H,26,30)(H,32,33)/t18-,22+/m1/s1. The third-order valence-corrected chi connectivity index (χ3v) is 9.63. The van der Waals surface area contributed by atoms with Gasteiger partial charge in [0.25, 0.3) is 11.8 Å². The number of carboxylic acid groups (broad SMARTS) is 1. The minimum atomic E-state index is -1.18. The van der Waals surface area contributed by atoms with Crippen LogP contribution in [-0.2, 0) is 16.2 Å². The van der Waals surface area contributed by atoms with E-state index >= 15 is 0 Å². The van der Waals surface area contributed by atoms with E-state index in [9.17, 15) is 19.5 Å². The van der Waals surface area contributed by atoms with Crippen LogP contribution in [0, 0.1) is 13.8 Å². The number of amides is 2. The molecule has 0 unspecified atom stereocenters. The number of aromatic nitrogens is 2. The SMILES string of the molecule is Cc1nnc(SCC2=C(C(=O)O)N3C(=O)[C@@H](NC(=O)c4ccc(COc5ccc(Cl)c(C)c5)o4)[C@@H]3SC2)s1. The van der Waals surface area contributed by atoms with Gasteiger partial charge >= 0.3 is 5.97 Å². The number of aryl methyl sites for hydroxylation is 2. The third kappa shape index (κ3) is 5.41. The number of β-lactam (4-membered cyclic amide) rings is 1. The van der Waals surface area contributed by atoms with Crippen LogP contribution in [0.1, 0.15) is 26.9 Å². The maximum absolute atomic E-state index is 12.9. The van der Waals surface area contributed by atoms with Gasteiger partial charge < -0.3 is 19.6 Å². The van der Waals surface area contributed by atoms with Crippen LogP contribution in [-0.4, -0.2) is 60.9 Å². The molecule has 2 aliphatic rings. The molecule has 198 valence electrons. The number of carbonyl (C=O) groups excluding carboxylic acids is 2. The first-order valence-electron chi connectivity index (χ1n) is 11.3. The van der Waals surface area contributed by atoms with Crippen LogP contribution in [0.15, 0.2) is 50.4 Å². The monoisotopic (exact) mass is 592 g/mol. The van der Waals surface area contributed by atoms with Crippen LogP contribution in [0.2, 0.25) is 5.02 Å². The van der Waals surface area contributed by atoms with Crippen molar-refractivity contribution in [3.63, 3.8) is 0 Å². The molecule has 4 heterocycles. The molecule has 2 amide bonds. The molecular weight excluding hydrogens is 572 g/mol. The fraction of sp³-hybridized carbons (Fsp3) is 0.292. The van der Waals surface area contributed by atoms with Gasteiger partial charge in [-0.15, -0.1) is 22.0 Å². The highest BCUT2D eigenvalue weighted by atomic mass is 35.5. The first-order chi connectivity index (χ1) is 18.2. The lowest BCUT2D eigenvalue weighted by atomic mass is 10.0. The zero-order valence-corrected chi connectivity index (χ0v) is 23.3. The summed E-state index contributed by atoms with van der Waals surface area (Å²) in [5.41, 5.74) is 1.47. The van der Waals surface area contributed by atoms with Crippen molar-refractivity contribution in [2.75, 3.05) is 11.5 Å². The Hall–Kier alpha value is -3.00. The molecule has 1 saturated heterocycles. The molecule has 10 nitrogen and oxygen atoms in total. The smallest absolute Gasteiger partial charge is 0.352 e. The minimum Gasteiger partial charge on any atom is -0.486 e. The number of nitrogens with zero attached hydrogens (tertiary/aromatic N) is 3. The zero-order chi connectivity index (χ0) is 27.0. The van der Waals surface area contributed by atoms with Gasteiger partial charge in [-0.2, -0.15) is 0 Å². The summed E-state index contributed by atoms with van der Waals surface area (Å²) in [5, 5.41) is 21.5. The maximum atomic E-state index is 12.9. The summed E-state index contributed by atoms with van der Waals surface area (Å²) < 4.78 is 12.0. The molecule has 2 aromatic heterocycles. The predicted molar refractivity (Wildman–Crippen MR) is 144 cm³/mol. The molecule has 14 heteroatoms. The summed E-state index contributed by atoms with van der Waals surface area (Å²) in [6.07, 6.45) is 0. The first-order valence-corrected chi connectivity index (χ1v) is 14.6. The lowest BCUT2D eigenvalue weighted by Crippen LogP contribution is -2.70. The fourth-order valence-electron chi connectivity index (χ4n) is 3.93. The number of hydrogen-bond donors (Lipinski definition) is 2. The Balaban J connectivity index is 1.20. The van der Waals surface area contributed by atoms with Crippen molar-refractivity contribution in [1.29, 1.82) is 0 Å². The highest BCUT2D eigenvalue weighted by Crippen LogP contribution is 2.42. The number of ether oxygens (including phenoxy) is 1. The highest BCUT2D eigenvalue weighted by Gasteiger charge is 2.54. The van der Waals surface area contributed by atoms with E-state index in [1.807, 2.05) is 13.8 Å². The van der Waals surface area contributed by atoms with E-state index in [-0.39, 0.29) is 18.1 Å². The number of aliphatic carboxylic acids is 1. The molecular formula is C24H21ClN4O6S3. The van der Waals surface area contributed by atoms with Crippen LogP contribution in [0.5, 0.6) is 5.75 Å². The largest absolute Gasteiger partial charge is 0.486 e. The van der Waals surface area contributed by atoms with Crippen molar-refractivity contribution in [2.45, 2.75) is 36.2 Å². The number of fused-ring (bicyclic) bond motifs is 1. The van der Waals surface area contributed by atoms with E-state index < -0.39 is 29.2 Å². The number of benzene rings is 1. The van der Waals surface area contributed by atoms with Crippen molar-refractivity contribution in [3.05, 3.63) is 68.7 Å². The summed E-state index contributed by atoms with van der Waals surface area (Å²) in [6.45, 7) is 3.82. The molecule has 38 heavy (non-hydrogen) atoms. The summed E-state index contributed by atoms with van der Waals surface area (Å²) in [5.74, 6) is -0.349. The molecule has 0 bridgehead atoms. The summed E-state index contributed by atoms with van der Waals surface area (Å²) >= 11 is 10.3. The van der Waals surface area contributed by atoms with Crippen molar-refractivity contribution in [3.8, 4) is 5.75 Å². The Morgan fingerprint density at radius 2 is 2.11 bits per heavy atom. The van der Waals surface area contributed by atoms with Gasteiger partial charge in [0, 0.05) is 16.5 Å². The second kappa shape index (κ2) is 11.0. The Labute approximate surface area is 234 Å². The highest BCUT2D eigenvalue weighted by molar-refractivity contribution is 8.01. The minimum absolute atomic E-state index is 0.0291. The van der Waals surface area contributed by atoms with Gasteiger partial charge in [0.1, 0.15) is 40.2 Å². The van der Waals surface area contributed by atoms with Gasteiger partial charge in [0.2, 0.25) is 0 Å². The number of nitrogens with one attached hydrogen (secondary N) is 1. The van der Waals surface area contributed by atoms with Gasteiger partial charge in [-0.1, -0.05) is 34.7 Å². The fourth-order valence-corrected chi connectivity index (χ4v) is 7.35. The van der Waals surface area contributed by atoms with Crippen molar-refractivity contribution < 1.29 is 28.6 Å². The number of carboxylic acids is 1. The molecule has 0 saturated carbocycles. The van der Waals surface area contributed by atoms with Crippen LogP contribution in [0.4, 0.5) is 0 Å². The van der Waals surface area contributed by atoms with Gasteiger partial charge in [-0.3, -0.25) is 14.5 Å². The van der Waals surface area contributed by atoms with E-state index in [4.69, 9.17) is 20.8 Å². The van der Waals surface area contributed by atoms with Gasteiger partial charge in [-0.25, -0.2) is 4.79 Å². The van der Waals surface area contributed by atoms with E-state index in [0.29, 0.717) is 33.6 Å². The van der Waals surface area contributed by atoms with Crippen LogP contribution in [0.3, 0.4) is 0 Å². The van der Waals surface area contributed by atoms with Gasteiger partial charge in [-0.05, 0) is 55.3 Å². The van der Waals surface area contributed by atoms with Crippen LogP contribution >= 0.6 is 46.5 Å². The van der Waals surface area contributed by atoms with Crippen molar-refractivity contribution >= 4 is 64.2 Å². The van der Waals surface area contributed by atoms with E-state index in [1.54, 1.807) is 24.3 Å². The third-order valence-electron chi connectivity index (χ3n) is 5.81. The molecule has 2 N–H and O–H groups in total. The summed E-state index contributed by atoms with van der Waals surface area (Å²) in [7, 11) is 0. The second-order valence-corrected chi connectivity index (χ2v) is 12.4. The Bertz CT molecular complexity index is 1450. The van der Waals surface area contributed by atoms with Crippen LogP contribution < -0.4 is 10.1 Å². The molecule has 1 aromatic carbocycles. The molecule has 2 aliphatic heterocycles. The average molecular weight is 593 g/mol. The number of furan rings is 1. The van der Waals surface area contributed by atoms with E-state index in [2.05, 4.69) is 15.5 Å². The second-order valence-electron chi connectivity index (χ2n) is 8.46. The zero-order valence-electron chi connectivity index (χ0n) is 20.1. The number of hydrogen-bond acceptors (Lipinski definition) is 10. The topological polar surface area (TPSA) is 135 Å². The normalized spacial score (nSPS) is 18.7. The molecule has 5 rings (SSSR count). The Kier molecular flexibility index (Phi) is 7.70. The lowest BCUT2D eigenvalue weighted by Gasteiger charge is -2.49. The van der Waals surface area contributed by atoms with E-state index in [1.165, 1.54) is 45.8 Å². The number of rotatable bonds is 9. The lowest BCUT2D eigenvalue weighted by molar-refractivity contribution is -0.148. The predicted octanol–water partition coefficient (Wildman–Crippen LogP) is 4.12. The van der Waals surface area contributed by atoms with Crippen LogP contribution in [0.25, 0.3) is 0 Å². The number of halogens is 1.